The molecule has 33 heavy (non-hydrogen) atoms. The number of aromatic nitrogens is 4. The molecule has 1 aliphatic rings. The molecule has 3 aromatic heterocycles. The molecule has 4 rings (SSSR count). The van der Waals surface area contributed by atoms with Gasteiger partial charge in [-0.3, -0.25) is 9.97 Å². The molecule has 1 saturated heterocycles. The molecular weight excluding hydrogens is 414 g/mol. The highest BCUT2D eigenvalue weighted by Crippen LogP contribution is 2.25. The van der Waals surface area contributed by atoms with Crippen LogP contribution in [0.5, 0.6) is 0 Å². The van der Waals surface area contributed by atoms with Crippen molar-refractivity contribution in [1.82, 2.24) is 24.8 Å². The Morgan fingerprint density at radius 3 is 2.45 bits per heavy atom. The molecule has 0 bridgehead atoms. The number of piperidine rings is 1. The van der Waals surface area contributed by atoms with Crippen LogP contribution in [0, 0.1) is 5.92 Å². The molecule has 7 nitrogen and oxygen atoms in total. The lowest BCUT2D eigenvalue weighted by atomic mass is 9.90. The summed E-state index contributed by atoms with van der Waals surface area (Å²) in [5.74, 6) is 1.27. The highest BCUT2D eigenvalue weighted by molar-refractivity contribution is 5.68. The summed E-state index contributed by atoms with van der Waals surface area (Å²) in [5, 5.41) is 0. The molecule has 0 saturated carbocycles. The fourth-order valence-corrected chi connectivity index (χ4v) is 4.00. The van der Waals surface area contributed by atoms with E-state index in [1.807, 2.05) is 68.7 Å². The van der Waals surface area contributed by atoms with Crippen LogP contribution >= 0.6 is 0 Å². The zero-order valence-electron chi connectivity index (χ0n) is 19.6. The van der Waals surface area contributed by atoms with Crippen molar-refractivity contribution < 1.29 is 9.53 Å². The Hall–Kier alpha value is -3.35. The summed E-state index contributed by atoms with van der Waals surface area (Å²) < 4.78 is 5.50. The summed E-state index contributed by atoms with van der Waals surface area (Å²) in [5.41, 5.74) is 3.66. The van der Waals surface area contributed by atoms with Gasteiger partial charge in [-0.2, -0.15) is 0 Å². The van der Waals surface area contributed by atoms with Crippen molar-refractivity contribution in [1.29, 1.82) is 0 Å². The van der Waals surface area contributed by atoms with Gasteiger partial charge in [-0.1, -0.05) is 6.07 Å². The zero-order valence-corrected chi connectivity index (χ0v) is 19.6. The molecule has 0 spiro atoms. The van der Waals surface area contributed by atoms with Crippen LogP contribution in [0.3, 0.4) is 0 Å². The highest BCUT2D eigenvalue weighted by Gasteiger charge is 2.27. The number of amides is 1. The smallest absolute Gasteiger partial charge is 0.410 e. The standard InChI is InChI=1S/C26H31N5O2/c1-26(2,3)33-25(32)31-10-7-19(8-11-31)12-20-13-21(16-27-15-20)22-17-29-24(30-18-22)14-23-6-4-5-9-28-23/h4-6,9,13,15-19H,7-8,10-12,14H2,1-3H3. The SMILES string of the molecule is CC(C)(C)OC(=O)N1CCC(Cc2cncc(-c3cnc(Cc4ccccn4)nc3)c2)CC1. The van der Waals surface area contributed by atoms with E-state index in [2.05, 4.69) is 26.0 Å². The van der Waals surface area contributed by atoms with Gasteiger partial charge in [0.15, 0.2) is 0 Å². The minimum atomic E-state index is -0.458. The minimum absolute atomic E-state index is 0.212. The van der Waals surface area contributed by atoms with Crippen molar-refractivity contribution in [2.75, 3.05) is 13.1 Å². The number of likely N-dealkylation sites (tertiary alicyclic amines) is 1. The normalized spacial score (nSPS) is 14.8. The Morgan fingerprint density at radius 2 is 1.79 bits per heavy atom. The van der Waals surface area contributed by atoms with Crippen LogP contribution in [0.2, 0.25) is 0 Å². The third-order valence-electron chi connectivity index (χ3n) is 5.69. The molecule has 4 heterocycles. The maximum Gasteiger partial charge on any atom is 0.410 e. The molecule has 0 aromatic carbocycles. The van der Waals surface area contributed by atoms with Gasteiger partial charge in [0.1, 0.15) is 11.4 Å². The first-order chi connectivity index (χ1) is 15.9. The molecule has 0 unspecified atom stereocenters. The summed E-state index contributed by atoms with van der Waals surface area (Å²) in [6.07, 6.45) is 12.5. The second-order valence-corrected chi connectivity index (χ2v) is 9.58. The summed E-state index contributed by atoms with van der Waals surface area (Å²) in [7, 11) is 0. The van der Waals surface area contributed by atoms with Crippen LogP contribution in [-0.2, 0) is 17.6 Å². The third kappa shape index (κ3) is 6.57. The fraction of sp³-hybridized carbons (Fsp3) is 0.423. The van der Waals surface area contributed by atoms with Gasteiger partial charge in [-0.25, -0.2) is 14.8 Å². The summed E-state index contributed by atoms with van der Waals surface area (Å²) in [6, 6.07) is 8.01. The van der Waals surface area contributed by atoms with Crippen LogP contribution in [0.1, 0.15) is 50.7 Å². The van der Waals surface area contributed by atoms with Gasteiger partial charge in [0.2, 0.25) is 0 Å². The number of carbonyl (C=O) groups is 1. The lowest BCUT2D eigenvalue weighted by Crippen LogP contribution is -2.42. The number of hydrogen-bond acceptors (Lipinski definition) is 6. The number of hydrogen-bond donors (Lipinski definition) is 0. The van der Waals surface area contributed by atoms with Crippen molar-refractivity contribution in [3.63, 3.8) is 0 Å². The maximum absolute atomic E-state index is 12.3. The Bertz CT molecular complexity index is 1060. The number of carbonyl (C=O) groups excluding carboxylic acids is 1. The van der Waals surface area contributed by atoms with E-state index < -0.39 is 5.60 Å². The lowest BCUT2D eigenvalue weighted by molar-refractivity contribution is 0.0184. The first-order valence-corrected chi connectivity index (χ1v) is 11.5. The predicted molar refractivity (Wildman–Crippen MR) is 127 cm³/mol. The number of ether oxygens (including phenoxy) is 1. The van der Waals surface area contributed by atoms with Gasteiger partial charge < -0.3 is 9.64 Å². The average molecular weight is 446 g/mol. The Labute approximate surface area is 195 Å². The van der Waals surface area contributed by atoms with Crippen LogP contribution < -0.4 is 0 Å². The molecule has 0 aliphatic carbocycles. The first-order valence-electron chi connectivity index (χ1n) is 11.5. The van der Waals surface area contributed by atoms with Crippen molar-refractivity contribution in [3.05, 3.63) is 72.3 Å². The third-order valence-corrected chi connectivity index (χ3v) is 5.69. The molecule has 1 amide bonds. The monoisotopic (exact) mass is 445 g/mol. The van der Waals surface area contributed by atoms with Gasteiger partial charge in [0.05, 0.1) is 0 Å². The summed E-state index contributed by atoms with van der Waals surface area (Å²) >= 11 is 0. The number of rotatable bonds is 5. The van der Waals surface area contributed by atoms with Crippen LogP contribution in [0.25, 0.3) is 11.1 Å². The van der Waals surface area contributed by atoms with Crippen LogP contribution in [0.4, 0.5) is 4.79 Å². The summed E-state index contributed by atoms with van der Waals surface area (Å²) in [6.45, 7) is 7.17. The minimum Gasteiger partial charge on any atom is -0.444 e. The van der Waals surface area contributed by atoms with Gasteiger partial charge >= 0.3 is 6.09 Å². The number of pyridine rings is 2. The topological polar surface area (TPSA) is 81.1 Å². The quantitative estimate of drug-likeness (QED) is 0.566. The predicted octanol–water partition coefficient (Wildman–Crippen LogP) is 4.71. The molecule has 0 radical (unpaired) electrons. The zero-order chi connectivity index (χ0) is 23.3. The van der Waals surface area contributed by atoms with E-state index in [1.54, 1.807) is 6.20 Å². The van der Waals surface area contributed by atoms with Crippen molar-refractivity contribution >= 4 is 6.09 Å². The first kappa shape index (κ1) is 22.8. The molecular formula is C26H31N5O2. The van der Waals surface area contributed by atoms with Crippen molar-refractivity contribution in [2.45, 2.75) is 52.1 Å². The van der Waals surface area contributed by atoms with Crippen LogP contribution in [-0.4, -0.2) is 49.6 Å². The molecule has 1 aliphatic heterocycles. The van der Waals surface area contributed by atoms with Gasteiger partial charge in [0, 0.05) is 67.3 Å². The number of nitrogens with zero attached hydrogens (tertiary/aromatic N) is 5. The molecule has 0 atom stereocenters. The van der Waals surface area contributed by atoms with Crippen molar-refractivity contribution in [2.24, 2.45) is 5.92 Å². The molecule has 7 heteroatoms. The molecule has 0 N–H and O–H groups in total. The Morgan fingerprint density at radius 1 is 1.03 bits per heavy atom. The van der Waals surface area contributed by atoms with E-state index in [0.29, 0.717) is 12.3 Å². The van der Waals surface area contributed by atoms with Crippen molar-refractivity contribution in [3.8, 4) is 11.1 Å². The van der Waals surface area contributed by atoms with Gasteiger partial charge in [0.25, 0.3) is 0 Å². The van der Waals surface area contributed by atoms with Gasteiger partial charge in [-0.05, 0) is 69.7 Å². The van der Waals surface area contributed by atoms with E-state index in [9.17, 15) is 4.79 Å². The fourth-order valence-electron chi connectivity index (χ4n) is 4.00. The second kappa shape index (κ2) is 10.1. The molecule has 172 valence electrons. The molecule has 1 fully saturated rings. The summed E-state index contributed by atoms with van der Waals surface area (Å²) in [4.78, 5) is 31.9. The largest absolute Gasteiger partial charge is 0.444 e. The second-order valence-electron chi connectivity index (χ2n) is 9.58. The van der Waals surface area contributed by atoms with E-state index in [-0.39, 0.29) is 6.09 Å². The highest BCUT2D eigenvalue weighted by atomic mass is 16.6. The van der Waals surface area contributed by atoms with E-state index in [0.717, 1.165) is 55.0 Å². The average Bonchev–Trinajstić information content (AvgIpc) is 2.80. The Balaban J connectivity index is 1.33. The maximum atomic E-state index is 12.3. The molecule has 3 aromatic rings. The van der Waals surface area contributed by atoms with E-state index in [4.69, 9.17) is 4.74 Å². The van der Waals surface area contributed by atoms with E-state index >= 15 is 0 Å². The van der Waals surface area contributed by atoms with E-state index in [1.165, 1.54) is 5.56 Å². The lowest BCUT2D eigenvalue weighted by Gasteiger charge is -2.33. The van der Waals surface area contributed by atoms with Crippen LogP contribution in [0.15, 0.2) is 55.2 Å². The van der Waals surface area contributed by atoms with Gasteiger partial charge in [-0.15, -0.1) is 0 Å². The Kier molecular flexibility index (Phi) is 6.96.